The van der Waals surface area contributed by atoms with Gasteiger partial charge in [-0.1, -0.05) is 47.1 Å². The van der Waals surface area contributed by atoms with Gasteiger partial charge >= 0.3 is 0 Å². The molecule has 0 spiro atoms. The number of rotatable bonds is 0. The van der Waals surface area contributed by atoms with Gasteiger partial charge in [-0.05, 0) is 35.5 Å². The molecule has 0 saturated heterocycles. The van der Waals surface area contributed by atoms with Gasteiger partial charge in [-0.25, -0.2) is 0 Å². The maximum atomic E-state index is 12.3. The molecule has 0 aromatic heterocycles. The number of allylic oxidation sites excluding steroid dienone is 2. The van der Waals surface area contributed by atoms with Gasteiger partial charge in [0.15, 0.2) is 5.78 Å². The summed E-state index contributed by atoms with van der Waals surface area (Å²) in [6.07, 6.45) is 2.95. The van der Waals surface area contributed by atoms with Crippen LogP contribution in [0.1, 0.15) is 60.8 Å². The Balaban J connectivity index is 2.66. The number of carbonyl (C=O) groups excluding carboxylic acids is 1. The molecule has 0 fully saturated rings. The summed E-state index contributed by atoms with van der Waals surface area (Å²) in [5.74, 6) is 1.63. The Morgan fingerprint density at radius 1 is 0.941 bits per heavy atom. The number of carbonyl (C=O) groups is 1. The number of hydrogen-bond acceptors (Lipinski definition) is 1. The van der Waals surface area contributed by atoms with Gasteiger partial charge < -0.3 is 0 Å². The van der Waals surface area contributed by atoms with E-state index >= 15 is 0 Å². The molecule has 0 saturated carbocycles. The first-order chi connectivity index (χ1) is 7.70. The minimum atomic E-state index is 0.0573. The third-order valence-corrected chi connectivity index (χ3v) is 5.86. The summed E-state index contributed by atoms with van der Waals surface area (Å²) in [5, 5.41) is 0. The van der Waals surface area contributed by atoms with Gasteiger partial charge in [0.05, 0.1) is 0 Å². The fourth-order valence-electron chi connectivity index (χ4n) is 3.99. The molecule has 0 bridgehead atoms. The average molecular weight is 234 g/mol. The molecule has 96 valence electrons. The zero-order valence-electron chi connectivity index (χ0n) is 12.2. The summed E-state index contributed by atoms with van der Waals surface area (Å²) in [7, 11) is 0. The van der Waals surface area contributed by atoms with Crippen LogP contribution in [0, 0.1) is 22.7 Å². The fraction of sp³-hybridized carbons (Fsp3) is 0.812. The van der Waals surface area contributed by atoms with E-state index in [-0.39, 0.29) is 10.8 Å². The van der Waals surface area contributed by atoms with Crippen LogP contribution in [0.15, 0.2) is 11.1 Å². The predicted molar refractivity (Wildman–Crippen MR) is 71.8 cm³/mol. The second-order valence-electron chi connectivity index (χ2n) is 7.15. The van der Waals surface area contributed by atoms with Crippen LogP contribution in [-0.2, 0) is 4.79 Å². The van der Waals surface area contributed by atoms with E-state index in [0.717, 1.165) is 19.3 Å². The highest BCUT2D eigenvalue weighted by Gasteiger charge is 2.50. The SMILES string of the molecule is C[C@@H]1[C@@H](C)C(C)(C)C2=C(CCCC2=O)C1(C)C. The third-order valence-electron chi connectivity index (χ3n) is 5.86. The standard InChI is InChI=1S/C16H26O/c1-10-11(2)16(5,6)14-12(15(10,3)4)8-7-9-13(14)17/h10-11H,7-9H2,1-6H3/t10-,11-/m1/s1. The third kappa shape index (κ3) is 1.62. The quantitative estimate of drug-likeness (QED) is 0.608. The first-order valence-corrected chi connectivity index (χ1v) is 6.98. The lowest BCUT2D eigenvalue weighted by Gasteiger charge is -2.53. The molecule has 0 unspecified atom stereocenters. The van der Waals surface area contributed by atoms with E-state index in [1.165, 1.54) is 11.1 Å². The van der Waals surface area contributed by atoms with Crippen LogP contribution in [0.5, 0.6) is 0 Å². The Morgan fingerprint density at radius 3 is 2.06 bits per heavy atom. The van der Waals surface area contributed by atoms with E-state index < -0.39 is 0 Å². The van der Waals surface area contributed by atoms with E-state index in [1.54, 1.807) is 0 Å². The van der Waals surface area contributed by atoms with E-state index in [9.17, 15) is 4.79 Å². The lowest BCUT2D eigenvalue weighted by atomic mass is 9.51. The highest BCUT2D eigenvalue weighted by Crippen LogP contribution is 2.57. The van der Waals surface area contributed by atoms with E-state index in [4.69, 9.17) is 0 Å². The molecule has 0 heterocycles. The molecule has 0 radical (unpaired) electrons. The van der Waals surface area contributed by atoms with Crippen molar-refractivity contribution in [2.45, 2.75) is 60.8 Å². The average Bonchev–Trinajstić information content (AvgIpc) is 2.24. The number of hydrogen-bond donors (Lipinski definition) is 0. The van der Waals surface area contributed by atoms with Crippen LogP contribution in [0.2, 0.25) is 0 Å². The van der Waals surface area contributed by atoms with Crippen molar-refractivity contribution in [3.8, 4) is 0 Å². The maximum absolute atomic E-state index is 12.3. The minimum Gasteiger partial charge on any atom is -0.295 e. The Labute approximate surface area is 106 Å². The van der Waals surface area contributed by atoms with Gasteiger partial charge in [0.1, 0.15) is 0 Å². The molecule has 1 nitrogen and oxygen atoms in total. The number of Topliss-reactive ketones (excluding diaryl/α,β-unsaturated/α-hetero) is 1. The van der Waals surface area contributed by atoms with Crippen molar-refractivity contribution in [3.05, 3.63) is 11.1 Å². The van der Waals surface area contributed by atoms with Crippen LogP contribution in [-0.4, -0.2) is 5.78 Å². The Kier molecular flexibility index (Phi) is 2.80. The van der Waals surface area contributed by atoms with Crippen LogP contribution in [0.3, 0.4) is 0 Å². The van der Waals surface area contributed by atoms with E-state index in [1.807, 2.05) is 0 Å². The fourth-order valence-corrected chi connectivity index (χ4v) is 3.99. The van der Waals surface area contributed by atoms with Crippen molar-refractivity contribution in [1.82, 2.24) is 0 Å². The Hall–Kier alpha value is -0.590. The molecule has 0 amide bonds. The lowest BCUT2D eigenvalue weighted by Crippen LogP contribution is -2.46. The Bertz CT molecular complexity index is 384. The monoisotopic (exact) mass is 234 g/mol. The van der Waals surface area contributed by atoms with Gasteiger partial charge in [-0.3, -0.25) is 4.79 Å². The molecule has 1 heteroatoms. The van der Waals surface area contributed by atoms with Crippen molar-refractivity contribution in [2.24, 2.45) is 22.7 Å². The molecule has 2 atom stereocenters. The van der Waals surface area contributed by atoms with Gasteiger partial charge in [0.25, 0.3) is 0 Å². The summed E-state index contributed by atoms with van der Waals surface area (Å²) >= 11 is 0. The topological polar surface area (TPSA) is 17.1 Å². The molecular formula is C16H26O. The van der Waals surface area contributed by atoms with Crippen LogP contribution in [0.25, 0.3) is 0 Å². The molecule has 2 aliphatic carbocycles. The molecule has 2 rings (SSSR count). The number of ketones is 1. The van der Waals surface area contributed by atoms with Gasteiger partial charge in [-0.2, -0.15) is 0 Å². The van der Waals surface area contributed by atoms with Gasteiger partial charge in [-0.15, -0.1) is 0 Å². The molecule has 0 aromatic rings. The van der Waals surface area contributed by atoms with Crippen molar-refractivity contribution < 1.29 is 4.79 Å². The van der Waals surface area contributed by atoms with Crippen LogP contribution >= 0.6 is 0 Å². The Morgan fingerprint density at radius 2 is 1.47 bits per heavy atom. The second-order valence-corrected chi connectivity index (χ2v) is 7.15. The van der Waals surface area contributed by atoms with Crippen molar-refractivity contribution in [2.75, 3.05) is 0 Å². The largest absolute Gasteiger partial charge is 0.295 e. The van der Waals surface area contributed by atoms with Crippen LogP contribution < -0.4 is 0 Å². The summed E-state index contributed by atoms with van der Waals surface area (Å²) in [5.41, 5.74) is 2.89. The zero-order chi connectivity index (χ0) is 13.0. The molecule has 0 N–H and O–H groups in total. The second kappa shape index (κ2) is 3.70. The van der Waals surface area contributed by atoms with E-state index in [0.29, 0.717) is 17.6 Å². The normalized spacial score (nSPS) is 35.8. The van der Waals surface area contributed by atoms with Crippen LogP contribution in [0.4, 0.5) is 0 Å². The summed E-state index contributed by atoms with van der Waals surface area (Å²) < 4.78 is 0. The predicted octanol–water partition coefficient (Wildman–Crippen LogP) is 4.37. The molecular weight excluding hydrogens is 208 g/mol. The highest BCUT2D eigenvalue weighted by atomic mass is 16.1. The summed E-state index contributed by atoms with van der Waals surface area (Å²) in [6.45, 7) is 13.9. The zero-order valence-corrected chi connectivity index (χ0v) is 12.2. The molecule has 2 aliphatic rings. The summed E-state index contributed by atoms with van der Waals surface area (Å²) in [6, 6.07) is 0. The lowest BCUT2D eigenvalue weighted by molar-refractivity contribution is -0.118. The molecule has 17 heavy (non-hydrogen) atoms. The summed E-state index contributed by atoms with van der Waals surface area (Å²) in [4.78, 5) is 12.3. The smallest absolute Gasteiger partial charge is 0.159 e. The van der Waals surface area contributed by atoms with E-state index in [2.05, 4.69) is 41.5 Å². The van der Waals surface area contributed by atoms with Crippen molar-refractivity contribution in [1.29, 1.82) is 0 Å². The molecule has 0 aliphatic heterocycles. The maximum Gasteiger partial charge on any atom is 0.159 e. The highest BCUT2D eigenvalue weighted by molar-refractivity contribution is 5.98. The van der Waals surface area contributed by atoms with Crippen molar-refractivity contribution >= 4 is 5.78 Å². The minimum absolute atomic E-state index is 0.0573. The van der Waals surface area contributed by atoms with Gasteiger partial charge in [0.2, 0.25) is 0 Å². The molecule has 0 aromatic carbocycles. The first-order valence-electron chi connectivity index (χ1n) is 6.98. The van der Waals surface area contributed by atoms with Gasteiger partial charge in [0, 0.05) is 12.0 Å². The first kappa shape index (κ1) is 12.9. The van der Waals surface area contributed by atoms with Crippen molar-refractivity contribution in [3.63, 3.8) is 0 Å².